The van der Waals surface area contributed by atoms with Crippen molar-refractivity contribution < 1.29 is 21.6 Å². The largest absolute Gasteiger partial charge is 0.243 e. The Kier molecular flexibility index (Phi) is 4.84. The molecule has 1 heterocycles. The fraction of sp³-hybridized carbons (Fsp3) is 0.0909. The molecule has 1 N–H and O–H groups in total. The fourth-order valence-corrected chi connectivity index (χ4v) is 4.64. The first kappa shape index (κ1) is 16.6. The third-order valence-corrected chi connectivity index (χ3v) is 5.58. The number of hydrogen-bond donors (Lipinski definition) is 1. The zero-order valence-corrected chi connectivity index (χ0v) is 13.1. The maximum absolute atomic E-state index is 13.0. The average molecular weight is 376 g/mol. The Morgan fingerprint density at radius 3 is 2.14 bits per heavy atom. The fourth-order valence-electron chi connectivity index (χ4n) is 1.47. The summed E-state index contributed by atoms with van der Waals surface area (Å²) in [4.78, 5) is -0.234. The van der Waals surface area contributed by atoms with Crippen LogP contribution in [0.5, 0.6) is 0 Å². The third-order valence-electron chi connectivity index (χ3n) is 2.42. The van der Waals surface area contributed by atoms with Gasteiger partial charge in [0.15, 0.2) is 17.5 Å². The third kappa shape index (κ3) is 3.70. The quantitative estimate of drug-likeness (QED) is 0.822. The van der Waals surface area contributed by atoms with Crippen LogP contribution in [0.25, 0.3) is 0 Å². The Morgan fingerprint density at radius 1 is 1.10 bits per heavy atom. The van der Waals surface area contributed by atoms with Crippen LogP contribution in [0, 0.1) is 17.5 Å². The molecule has 1 aromatic carbocycles. The highest BCUT2D eigenvalue weighted by Gasteiger charge is 2.21. The van der Waals surface area contributed by atoms with Gasteiger partial charge in [-0.25, -0.2) is 26.3 Å². The van der Waals surface area contributed by atoms with Gasteiger partial charge in [-0.1, -0.05) is 23.2 Å². The van der Waals surface area contributed by atoms with E-state index in [2.05, 4.69) is 4.72 Å². The zero-order valence-electron chi connectivity index (χ0n) is 9.96. The summed E-state index contributed by atoms with van der Waals surface area (Å²) < 4.78 is 65.0. The number of sulfonamides is 1. The van der Waals surface area contributed by atoms with Crippen LogP contribution in [0.2, 0.25) is 8.67 Å². The van der Waals surface area contributed by atoms with Crippen molar-refractivity contribution in [3.05, 3.63) is 49.9 Å². The van der Waals surface area contributed by atoms with E-state index < -0.39 is 34.0 Å². The number of nitrogens with one attached hydrogen (secondary N) is 1. The Balaban J connectivity index is 2.21. The van der Waals surface area contributed by atoms with Crippen LogP contribution in [0.3, 0.4) is 0 Å². The van der Waals surface area contributed by atoms with E-state index in [1.165, 1.54) is 0 Å². The lowest BCUT2D eigenvalue weighted by atomic mass is 10.2. The highest BCUT2D eigenvalue weighted by molar-refractivity contribution is 7.89. The summed E-state index contributed by atoms with van der Waals surface area (Å²) in [6, 6.07) is 2.55. The predicted molar refractivity (Wildman–Crippen MR) is 74.7 cm³/mol. The van der Waals surface area contributed by atoms with Crippen molar-refractivity contribution in [3.8, 4) is 0 Å². The van der Waals surface area contributed by atoms with E-state index in [1.54, 1.807) is 0 Å². The summed E-state index contributed by atoms with van der Waals surface area (Å²) in [5.41, 5.74) is -0.0765. The first-order valence-corrected chi connectivity index (χ1v) is 8.34. The Labute approximate surface area is 132 Å². The Bertz CT molecular complexity index is 770. The number of thiophene rings is 1. The van der Waals surface area contributed by atoms with Gasteiger partial charge < -0.3 is 0 Å². The van der Waals surface area contributed by atoms with Gasteiger partial charge in [-0.2, -0.15) is 0 Å². The molecule has 0 fully saturated rings. The molecule has 10 heteroatoms. The smallest absolute Gasteiger partial charge is 0.207 e. The molecule has 0 radical (unpaired) electrons. The van der Waals surface area contributed by atoms with Gasteiger partial charge in [-0.05, 0) is 23.8 Å². The molecule has 0 amide bonds. The van der Waals surface area contributed by atoms with Crippen molar-refractivity contribution in [2.45, 2.75) is 11.4 Å². The molecule has 0 spiro atoms. The molecular weight excluding hydrogens is 370 g/mol. The van der Waals surface area contributed by atoms with Crippen LogP contribution in [0.4, 0.5) is 13.2 Å². The molecule has 0 aliphatic carbocycles. The number of benzene rings is 1. The summed E-state index contributed by atoms with van der Waals surface area (Å²) >= 11 is 12.2. The van der Waals surface area contributed by atoms with Gasteiger partial charge in [0.05, 0.1) is 4.34 Å². The molecule has 21 heavy (non-hydrogen) atoms. The lowest BCUT2D eigenvalue weighted by Gasteiger charge is -2.06. The molecule has 2 aromatic rings. The van der Waals surface area contributed by atoms with Gasteiger partial charge in [0.25, 0.3) is 0 Å². The molecule has 3 nitrogen and oxygen atoms in total. The van der Waals surface area contributed by atoms with Crippen LogP contribution < -0.4 is 4.72 Å². The molecule has 1 aromatic heterocycles. The number of hydrogen-bond acceptors (Lipinski definition) is 3. The van der Waals surface area contributed by atoms with Crippen LogP contribution in [-0.4, -0.2) is 8.42 Å². The van der Waals surface area contributed by atoms with Gasteiger partial charge >= 0.3 is 0 Å². The summed E-state index contributed by atoms with van der Waals surface area (Å²) in [5.74, 6) is -4.42. The Morgan fingerprint density at radius 2 is 1.67 bits per heavy atom. The minimum atomic E-state index is -4.00. The highest BCUT2D eigenvalue weighted by atomic mass is 35.5. The topological polar surface area (TPSA) is 46.2 Å². The summed E-state index contributed by atoms with van der Waals surface area (Å²) in [5, 5.41) is 0. The van der Waals surface area contributed by atoms with E-state index in [0.717, 1.165) is 17.4 Å². The van der Waals surface area contributed by atoms with Crippen LogP contribution in [-0.2, 0) is 16.6 Å². The van der Waals surface area contributed by atoms with Crippen molar-refractivity contribution in [2.24, 2.45) is 0 Å². The van der Waals surface area contributed by atoms with Gasteiger partial charge in [-0.3, -0.25) is 0 Å². The van der Waals surface area contributed by atoms with Crippen molar-refractivity contribution in [1.29, 1.82) is 0 Å². The lowest BCUT2D eigenvalue weighted by molar-refractivity contribution is 0.445. The second-order valence-electron chi connectivity index (χ2n) is 3.89. The normalized spacial score (nSPS) is 11.9. The van der Waals surface area contributed by atoms with Crippen molar-refractivity contribution in [1.82, 2.24) is 4.72 Å². The standard InChI is InChI=1S/C11H6Cl2F3NO2S2/c12-9-3-8(11(13)20-9)21(18,19)17-4-5-1-6(14)10(16)7(15)2-5/h1-3,17H,4H2. The van der Waals surface area contributed by atoms with E-state index in [-0.39, 0.29) is 19.1 Å². The second kappa shape index (κ2) is 6.13. The summed E-state index contributed by atoms with van der Waals surface area (Å²) in [7, 11) is -4.00. The SMILES string of the molecule is O=S(=O)(NCc1cc(F)c(F)c(F)c1)c1cc(Cl)sc1Cl. The van der Waals surface area contributed by atoms with E-state index in [4.69, 9.17) is 23.2 Å². The molecule has 0 aliphatic heterocycles. The van der Waals surface area contributed by atoms with E-state index in [1.807, 2.05) is 0 Å². The predicted octanol–water partition coefficient (Wildman–Crippen LogP) is 3.95. The number of halogens is 5. The van der Waals surface area contributed by atoms with Crippen molar-refractivity contribution in [2.75, 3.05) is 0 Å². The maximum atomic E-state index is 13.0. The molecule has 0 aliphatic rings. The molecule has 2 rings (SSSR count). The van der Waals surface area contributed by atoms with E-state index in [9.17, 15) is 21.6 Å². The van der Waals surface area contributed by atoms with Crippen molar-refractivity contribution in [3.63, 3.8) is 0 Å². The van der Waals surface area contributed by atoms with E-state index >= 15 is 0 Å². The van der Waals surface area contributed by atoms with E-state index in [0.29, 0.717) is 12.1 Å². The van der Waals surface area contributed by atoms with Crippen LogP contribution >= 0.6 is 34.5 Å². The lowest BCUT2D eigenvalue weighted by Crippen LogP contribution is -2.23. The van der Waals surface area contributed by atoms with Gasteiger partial charge in [0, 0.05) is 6.54 Å². The molecule has 0 unspecified atom stereocenters. The maximum Gasteiger partial charge on any atom is 0.243 e. The molecule has 114 valence electrons. The molecule has 0 saturated carbocycles. The second-order valence-corrected chi connectivity index (χ2v) is 7.91. The van der Waals surface area contributed by atoms with Crippen molar-refractivity contribution >= 4 is 44.6 Å². The first-order chi connectivity index (χ1) is 9.70. The minimum absolute atomic E-state index is 0.0380. The molecule has 0 atom stereocenters. The molecule has 0 bridgehead atoms. The average Bonchev–Trinajstić information content (AvgIpc) is 2.73. The van der Waals surface area contributed by atoms with Gasteiger partial charge in [-0.15, -0.1) is 11.3 Å². The summed E-state index contributed by atoms with van der Waals surface area (Å²) in [6.45, 7) is -0.430. The van der Waals surface area contributed by atoms with Crippen LogP contribution in [0.15, 0.2) is 23.1 Å². The van der Waals surface area contributed by atoms with Gasteiger partial charge in [0.1, 0.15) is 9.23 Å². The van der Waals surface area contributed by atoms with Crippen LogP contribution in [0.1, 0.15) is 5.56 Å². The molecule has 0 saturated heterocycles. The minimum Gasteiger partial charge on any atom is -0.207 e. The monoisotopic (exact) mass is 375 g/mol. The highest BCUT2D eigenvalue weighted by Crippen LogP contribution is 2.34. The number of rotatable bonds is 4. The summed E-state index contributed by atoms with van der Waals surface area (Å²) in [6.07, 6.45) is 0. The van der Waals surface area contributed by atoms with Gasteiger partial charge in [0.2, 0.25) is 10.0 Å². The first-order valence-electron chi connectivity index (χ1n) is 5.28. The zero-order chi connectivity index (χ0) is 15.8. The molecular formula is C11H6Cl2F3NO2S2. The Hall–Kier alpha value is -0.800.